The van der Waals surface area contributed by atoms with Crippen LogP contribution in [0, 0.1) is 17.0 Å². The normalized spacial score (nSPS) is 11.5. The predicted octanol–water partition coefficient (Wildman–Crippen LogP) is 3.31. The van der Waals surface area contributed by atoms with Crippen LogP contribution < -0.4 is 10.1 Å². The molecule has 1 unspecified atom stereocenters. The maximum atomic E-state index is 12.1. The molecule has 0 fully saturated rings. The summed E-state index contributed by atoms with van der Waals surface area (Å²) in [7, 11) is 0. The first-order valence-electron chi connectivity index (χ1n) is 6.74. The summed E-state index contributed by atoms with van der Waals surface area (Å²) in [5.41, 5.74) is 1.72. The lowest BCUT2D eigenvalue weighted by atomic mass is 10.2. The summed E-state index contributed by atoms with van der Waals surface area (Å²) in [5.74, 6) is 0.112. The molecular weight excluding hydrogens is 284 g/mol. The van der Waals surface area contributed by atoms with Gasteiger partial charge in [0.1, 0.15) is 5.75 Å². The Balaban J connectivity index is 1.97. The molecule has 2 rings (SSSR count). The fourth-order valence-electron chi connectivity index (χ4n) is 1.87. The minimum absolute atomic E-state index is 0.0239. The highest BCUT2D eigenvalue weighted by atomic mass is 16.6. The van der Waals surface area contributed by atoms with E-state index in [4.69, 9.17) is 4.74 Å². The van der Waals surface area contributed by atoms with Crippen molar-refractivity contribution in [3.8, 4) is 5.75 Å². The number of nitro benzene ring substituents is 1. The lowest BCUT2D eigenvalue weighted by Gasteiger charge is -2.14. The van der Waals surface area contributed by atoms with Crippen molar-refractivity contribution in [2.24, 2.45) is 0 Å². The number of carbonyl (C=O) groups excluding carboxylic acids is 1. The van der Waals surface area contributed by atoms with Crippen LogP contribution in [0.25, 0.3) is 0 Å². The van der Waals surface area contributed by atoms with Gasteiger partial charge in [0.05, 0.1) is 4.92 Å². The Morgan fingerprint density at radius 1 is 1.23 bits per heavy atom. The molecule has 0 heterocycles. The number of hydrogen-bond acceptors (Lipinski definition) is 4. The van der Waals surface area contributed by atoms with E-state index in [2.05, 4.69) is 5.32 Å². The van der Waals surface area contributed by atoms with Crippen LogP contribution >= 0.6 is 0 Å². The number of hydrogen-bond donors (Lipinski definition) is 1. The maximum absolute atomic E-state index is 12.1. The van der Waals surface area contributed by atoms with E-state index in [0.29, 0.717) is 11.4 Å². The van der Waals surface area contributed by atoms with Crippen molar-refractivity contribution >= 4 is 17.3 Å². The molecular formula is C16H16N2O4. The van der Waals surface area contributed by atoms with Gasteiger partial charge in [0.2, 0.25) is 0 Å². The number of benzene rings is 2. The Labute approximate surface area is 127 Å². The van der Waals surface area contributed by atoms with Gasteiger partial charge in [-0.1, -0.05) is 12.1 Å². The van der Waals surface area contributed by atoms with E-state index in [1.165, 1.54) is 24.3 Å². The van der Waals surface area contributed by atoms with Crippen molar-refractivity contribution in [2.75, 3.05) is 5.32 Å². The summed E-state index contributed by atoms with van der Waals surface area (Å²) < 4.78 is 5.48. The molecule has 0 aliphatic heterocycles. The Hall–Kier alpha value is -2.89. The maximum Gasteiger partial charge on any atom is 0.269 e. The standard InChI is InChI=1S/C16H16N2O4/c1-11-4-3-5-13(10-11)17-16(19)12(2)22-15-8-6-14(7-9-15)18(20)21/h3-10,12H,1-2H3,(H,17,19). The first-order chi connectivity index (χ1) is 10.5. The number of non-ortho nitro benzene ring substituents is 1. The van der Waals surface area contributed by atoms with Crippen LogP contribution in [-0.2, 0) is 4.79 Å². The molecule has 2 aromatic rings. The molecule has 6 heteroatoms. The molecule has 0 aromatic heterocycles. The molecule has 1 N–H and O–H groups in total. The highest BCUT2D eigenvalue weighted by Crippen LogP contribution is 2.19. The molecule has 1 amide bonds. The molecule has 0 radical (unpaired) electrons. The third-order valence-electron chi connectivity index (χ3n) is 3.02. The van der Waals surface area contributed by atoms with Crippen LogP contribution in [0.15, 0.2) is 48.5 Å². The van der Waals surface area contributed by atoms with Crippen LogP contribution in [0.1, 0.15) is 12.5 Å². The second-order valence-electron chi connectivity index (χ2n) is 4.87. The highest BCUT2D eigenvalue weighted by Gasteiger charge is 2.15. The van der Waals surface area contributed by atoms with Crippen molar-refractivity contribution in [2.45, 2.75) is 20.0 Å². The number of anilines is 1. The number of nitrogens with zero attached hydrogens (tertiary/aromatic N) is 1. The smallest absolute Gasteiger partial charge is 0.269 e. The summed E-state index contributed by atoms with van der Waals surface area (Å²) in [6.07, 6.45) is -0.720. The van der Waals surface area contributed by atoms with Crippen LogP contribution in [0.3, 0.4) is 0 Å². The van der Waals surface area contributed by atoms with Gasteiger partial charge in [0.25, 0.3) is 11.6 Å². The number of rotatable bonds is 5. The predicted molar refractivity (Wildman–Crippen MR) is 83.0 cm³/mol. The fourth-order valence-corrected chi connectivity index (χ4v) is 1.87. The van der Waals surface area contributed by atoms with E-state index >= 15 is 0 Å². The van der Waals surface area contributed by atoms with Gasteiger partial charge in [-0.15, -0.1) is 0 Å². The van der Waals surface area contributed by atoms with Crippen molar-refractivity contribution in [3.63, 3.8) is 0 Å². The SMILES string of the molecule is Cc1cccc(NC(=O)C(C)Oc2ccc([N+](=O)[O-])cc2)c1. The van der Waals surface area contributed by atoms with Crippen molar-refractivity contribution < 1.29 is 14.5 Å². The van der Waals surface area contributed by atoms with Gasteiger partial charge in [-0.05, 0) is 43.7 Å². The third kappa shape index (κ3) is 4.05. The quantitative estimate of drug-likeness (QED) is 0.678. The number of aryl methyl sites for hydroxylation is 1. The number of carbonyl (C=O) groups is 1. The van der Waals surface area contributed by atoms with E-state index < -0.39 is 11.0 Å². The van der Waals surface area contributed by atoms with Crippen molar-refractivity contribution in [1.82, 2.24) is 0 Å². The molecule has 0 aliphatic carbocycles. The van der Waals surface area contributed by atoms with Gasteiger partial charge in [-0.25, -0.2) is 0 Å². The first-order valence-corrected chi connectivity index (χ1v) is 6.74. The van der Waals surface area contributed by atoms with E-state index in [9.17, 15) is 14.9 Å². The van der Waals surface area contributed by atoms with Gasteiger partial charge in [-0.3, -0.25) is 14.9 Å². The Morgan fingerprint density at radius 3 is 2.50 bits per heavy atom. The zero-order valence-electron chi connectivity index (χ0n) is 12.3. The molecule has 0 spiro atoms. The zero-order chi connectivity index (χ0) is 16.1. The van der Waals surface area contributed by atoms with Gasteiger partial charge in [0.15, 0.2) is 6.10 Å². The largest absolute Gasteiger partial charge is 0.481 e. The average Bonchev–Trinajstić information content (AvgIpc) is 2.47. The Morgan fingerprint density at radius 2 is 1.91 bits per heavy atom. The summed E-state index contributed by atoms with van der Waals surface area (Å²) >= 11 is 0. The topological polar surface area (TPSA) is 81.5 Å². The summed E-state index contributed by atoms with van der Waals surface area (Å²) in [6, 6.07) is 13.0. The van der Waals surface area contributed by atoms with Crippen molar-refractivity contribution in [3.05, 3.63) is 64.2 Å². The number of nitro groups is 1. The van der Waals surface area contributed by atoms with Gasteiger partial charge in [-0.2, -0.15) is 0 Å². The fraction of sp³-hybridized carbons (Fsp3) is 0.188. The minimum Gasteiger partial charge on any atom is -0.481 e. The Bertz CT molecular complexity index is 683. The molecule has 1 atom stereocenters. The molecule has 0 saturated heterocycles. The van der Waals surface area contributed by atoms with Crippen LogP contribution in [0.5, 0.6) is 5.75 Å². The van der Waals surface area contributed by atoms with Crippen LogP contribution in [-0.4, -0.2) is 16.9 Å². The molecule has 0 aliphatic rings. The molecule has 22 heavy (non-hydrogen) atoms. The third-order valence-corrected chi connectivity index (χ3v) is 3.02. The van der Waals surface area contributed by atoms with E-state index in [1.807, 2.05) is 25.1 Å². The summed E-state index contributed by atoms with van der Waals surface area (Å²) in [6.45, 7) is 3.55. The van der Waals surface area contributed by atoms with Gasteiger partial charge < -0.3 is 10.1 Å². The lowest BCUT2D eigenvalue weighted by Crippen LogP contribution is -2.30. The molecule has 0 saturated carbocycles. The molecule has 114 valence electrons. The first kappa shape index (κ1) is 15.5. The Kier molecular flexibility index (Phi) is 4.73. The number of amides is 1. The lowest BCUT2D eigenvalue weighted by molar-refractivity contribution is -0.384. The number of nitrogens with one attached hydrogen (secondary N) is 1. The van der Waals surface area contributed by atoms with E-state index in [1.54, 1.807) is 13.0 Å². The van der Waals surface area contributed by atoms with Crippen LogP contribution in [0.4, 0.5) is 11.4 Å². The van der Waals surface area contributed by atoms with E-state index in [0.717, 1.165) is 5.56 Å². The molecule has 2 aromatic carbocycles. The van der Waals surface area contributed by atoms with Crippen LogP contribution in [0.2, 0.25) is 0 Å². The average molecular weight is 300 g/mol. The molecule has 0 bridgehead atoms. The monoisotopic (exact) mass is 300 g/mol. The minimum atomic E-state index is -0.720. The molecule has 6 nitrogen and oxygen atoms in total. The van der Waals surface area contributed by atoms with Gasteiger partial charge >= 0.3 is 0 Å². The van der Waals surface area contributed by atoms with Gasteiger partial charge in [0, 0.05) is 17.8 Å². The number of ether oxygens (including phenoxy) is 1. The van der Waals surface area contributed by atoms with Crippen molar-refractivity contribution in [1.29, 1.82) is 0 Å². The van der Waals surface area contributed by atoms with E-state index in [-0.39, 0.29) is 11.6 Å². The summed E-state index contributed by atoms with van der Waals surface area (Å²) in [4.78, 5) is 22.1. The highest BCUT2D eigenvalue weighted by molar-refractivity contribution is 5.94. The second-order valence-corrected chi connectivity index (χ2v) is 4.87. The second kappa shape index (κ2) is 6.71. The summed E-state index contributed by atoms with van der Waals surface area (Å²) in [5, 5.41) is 13.3. The zero-order valence-corrected chi connectivity index (χ0v) is 12.3.